The number of carbonyl (C=O) groups excluding carboxylic acids is 2. The van der Waals surface area contributed by atoms with Crippen LogP contribution < -0.4 is 15.4 Å². The number of amides is 2. The highest BCUT2D eigenvalue weighted by Gasteiger charge is 2.23. The topological polar surface area (TPSA) is 70.7 Å². The molecule has 2 N–H and O–H groups in total. The number of likely N-dealkylation sites (tertiary alicyclic amines) is 1. The maximum absolute atomic E-state index is 13.8. The monoisotopic (exact) mass is 475 g/mol. The van der Waals surface area contributed by atoms with Gasteiger partial charge in [0.05, 0.1) is 11.3 Å². The highest BCUT2D eigenvalue weighted by atomic mass is 19.1. The minimum absolute atomic E-state index is 0.0830. The largest absolute Gasteiger partial charge is 0.483 e. The summed E-state index contributed by atoms with van der Waals surface area (Å²) in [5.74, 6) is -0.979. The standard InChI is InChI=1S/C28H30FN3O3/c29-24-14-5-6-15-25(24)31-27(33)20-35-26-16-7-4-13-23(26)28(34)30-18-22-12-8-9-17-32(22)19-21-10-2-1-3-11-21/h1-7,10-11,13-16,22H,8-9,12,17-20H2,(H,30,34)(H,31,33). The van der Waals surface area contributed by atoms with Crippen LogP contribution in [0.15, 0.2) is 78.9 Å². The summed E-state index contributed by atoms with van der Waals surface area (Å²) in [7, 11) is 0. The van der Waals surface area contributed by atoms with Crippen molar-refractivity contribution in [1.82, 2.24) is 10.2 Å². The number of nitrogens with one attached hydrogen (secondary N) is 2. The fraction of sp³-hybridized carbons (Fsp3) is 0.286. The van der Waals surface area contributed by atoms with Crippen LogP contribution in [0.1, 0.15) is 35.2 Å². The van der Waals surface area contributed by atoms with Crippen molar-refractivity contribution in [2.75, 3.05) is 25.0 Å². The third kappa shape index (κ3) is 6.90. The molecule has 1 heterocycles. The van der Waals surface area contributed by atoms with Gasteiger partial charge in [0.1, 0.15) is 11.6 Å². The van der Waals surface area contributed by atoms with Crippen molar-refractivity contribution in [2.24, 2.45) is 0 Å². The maximum Gasteiger partial charge on any atom is 0.262 e. The molecular weight excluding hydrogens is 445 g/mol. The minimum Gasteiger partial charge on any atom is -0.483 e. The number of nitrogens with zero attached hydrogens (tertiary/aromatic N) is 1. The second-order valence-corrected chi connectivity index (χ2v) is 8.63. The molecule has 3 aromatic carbocycles. The number of rotatable bonds is 9. The van der Waals surface area contributed by atoms with Gasteiger partial charge in [-0.1, -0.05) is 61.0 Å². The van der Waals surface area contributed by atoms with Crippen LogP contribution in [0, 0.1) is 5.82 Å². The first kappa shape index (κ1) is 24.4. The first-order valence-electron chi connectivity index (χ1n) is 11.9. The van der Waals surface area contributed by atoms with Gasteiger partial charge in [-0.2, -0.15) is 0 Å². The normalized spacial score (nSPS) is 15.9. The van der Waals surface area contributed by atoms with Gasteiger partial charge in [0, 0.05) is 19.1 Å². The van der Waals surface area contributed by atoms with Crippen LogP contribution in [-0.4, -0.2) is 42.5 Å². The number of halogens is 1. The summed E-state index contributed by atoms with van der Waals surface area (Å²) in [6.45, 7) is 2.06. The summed E-state index contributed by atoms with van der Waals surface area (Å²) in [4.78, 5) is 27.6. The van der Waals surface area contributed by atoms with E-state index in [4.69, 9.17) is 4.74 Å². The average Bonchev–Trinajstić information content (AvgIpc) is 2.89. The zero-order valence-corrected chi connectivity index (χ0v) is 19.6. The highest BCUT2D eigenvalue weighted by molar-refractivity contribution is 5.97. The fourth-order valence-electron chi connectivity index (χ4n) is 4.30. The summed E-state index contributed by atoms with van der Waals surface area (Å²) >= 11 is 0. The zero-order chi connectivity index (χ0) is 24.5. The summed E-state index contributed by atoms with van der Waals surface area (Å²) < 4.78 is 19.4. The van der Waals surface area contributed by atoms with Gasteiger partial charge in [-0.05, 0) is 49.2 Å². The van der Waals surface area contributed by atoms with Gasteiger partial charge in [-0.3, -0.25) is 14.5 Å². The number of carbonyl (C=O) groups is 2. The molecule has 0 radical (unpaired) electrons. The lowest BCUT2D eigenvalue weighted by atomic mass is 10.0. The Morgan fingerprint density at radius 2 is 1.69 bits per heavy atom. The molecule has 6 nitrogen and oxygen atoms in total. The molecule has 0 aromatic heterocycles. The van der Waals surface area contributed by atoms with Crippen LogP contribution in [0.4, 0.5) is 10.1 Å². The van der Waals surface area contributed by atoms with E-state index in [-0.39, 0.29) is 24.2 Å². The van der Waals surface area contributed by atoms with E-state index in [1.165, 1.54) is 17.7 Å². The molecule has 0 bridgehead atoms. The summed E-state index contributed by atoms with van der Waals surface area (Å²) in [6, 6.07) is 23.3. The molecule has 3 aromatic rings. The van der Waals surface area contributed by atoms with E-state index in [9.17, 15) is 14.0 Å². The van der Waals surface area contributed by atoms with Crippen molar-refractivity contribution in [2.45, 2.75) is 31.8 Å². The number of para-hydroxylation sites is 2. The maximum atomic E-state index is 13.8. The van der Waals surface area contributed by atoms with Crippen LogP contribution in [0.5, 0.6) is 5.75 Å². The van der Waals surface area contributed by atoms with E-state index in [1.54, 1.807) is 36.4 Å². The molecule has 182 valence electrons. The molecular formula is C28H30FN3O3. The first-order valence-corrected chi connectivity index (χ1v) is 11.9. The minimum atomic E-state index is -0.523. The molecule has 1 aliphatic rings. The zero-order valence-electron chi connectivity index (χ0n) is 19.6. The van der Waals surface area contributed by atoms with Gasteiger partial charge in [0.15, 0.2) is 6.61 Å². The van der Waals surface area contributed by atoms with Crippen LogP contribution in [0.2, 0.25) is 0 Å². The van der Waals surface area contributed by atoms with Gasteiger partial charge in [-0.15, -0.1) is 0 Å². The van der Waals surface area contributed by atoms with E-state index in [2.05, 4.69) is 27.7 Å². The molecule has 0 spiro atoms. The number of piperidine rings is 1. The molecule has 2 amide bonds. The van der Waals surface area contributed by atoms with E-state index >= 15 is 0 Å². The van der Waals surface area contributed by atoms with E-state index in [0.717, 1.165) is 32.4 Å². The number of ether oxygens (including phenoxy) is 1. The third-order valence-corrected chi connectivity index (χ3v) is 6.11. The van der Waals surface area contributed by atoms with Crippen LogP contribution in [-0.2, 0) is 11.3 Å². The molecule has 1 fully saturated rings. The predicted molar refractivity (Wildman–Crippen MR) is 134 cm³/mol. The molecule has 1 saturated heterocycles. The Morgan fingerprint density at radius 3 is 2.51 bits per heavy atom. The smallest absolute Gasteiger partial charge is 0.262 e. The summed E-state index contributed by atoms with van der Waals surface area (Å²) in [5, 5.41) is 5.53. The second kappa shape index (κ2) is 12.1. The molecule has 1 unspecified atom stereocenters. The van der Waals surface area contributed by atoms with Crippen molar-refractivity contribution < 1.29 is 18.7 Å². The number of hydrogen-bond donors (Lipinski definition) is 2. The highest BCUT2D eigenvalue weighted by Crippen LogP contribution is 2.21. The molecule has 35 heavy (non-hydrogen) atoms. The molecule has 0 saturated carbocycles. The van der Waals surface area contributed by atoms with Crippen molar-refractivity contribution in [3.63, 3.8) is 0 Å². The third-order valence-electron chi connectivity index (χ3n) is 6.11. The average molecular weight is 476 g/mol. The van der Waals surface area contributed by atoms with E-state index in [0.29, 0.717) is 17.9 Å². The van der Waals surface area contributed by atoms with Crippen molar-refractivity contribution >= 4 is 17.5 Å². The molecule has 1 aliphatic heterocycles. The van der Waals surface area contributed by atoms with Gasteiger partial charge >= 0.3 is 0 Å². The lowest BCUT2D eigenvalue weighted by Crippen LogP contribution is -2.46. The number of benzene rings is 3. The molecule has 7 heteroatoms. The summed E-state index contributed by atoms with van der Waals surface area (Å²) in [5.41, 5.74) is 1.70. The van der Waals surface area contributed by atoms with Crippen molar-refractivity contribution in [1.29, 1.82) is 0 Å². The number of hydrogen-bond acceptors (Lipinski definition) is 4. The van der Waals surface area contributed by atoms with Crippen LogP contribution >= 0.6 is 0 Å². The Balaban J connectivity index is 1.33. The van der Waals surface area contributed by atoms with E-state index in [1.807, 2.05) is 18.2 Å². The Kier molecular flexibility index (Phi) is 8.46. The van der Waals surface area contributed by atoms with Gasteiger partial charge in [0.2, 0.25) is 0 Å². The Hall–Kier alpha value is -3.71. The van der Waals surface area contributed by atoms with Gasteiger partial charge < -0.3 is 15.4 Å². The SMILES string of the molecule is O=C(COc1ccccc1C(=O)NCC1CCCCN1Cc1ccccc1)Nc1ccccc1F. The predicted octanol–water partition coefficient (Wildman–Crippen LogP) is 4.63. The molecule has 4 rings (SSSR count). The van der Waals surface area contributed by atoms with E-state index < -0.39 is 11.7 Å². The lowest BCUT2D eigenvalue weighted by molar-refractivity contribution is -0.118. The van der Waals surface area contributed by atoms with Gasteiger partial charge in [-0.25, -0.2) is 4.39 Å². The van der Waals surface area contributed by atoms with Gasteiger partial charge in [0.25, 0.3) is 11.8 Å². The Bertz CT molecular complexity index is 1140. The lowest BCUT2D eigenvalue weighted by Gasteiger charge is -2.36. The number of anilines is 1. The fourth-order valence-corrected chi connectivity index (χ4v) is 4.30. The Morgan fingerprint density at radius 1 is 0.943 bits per heavy atom. The van der Waals surface area contributed by atoms with Crippen molar-refractivity contribution in [3.05, 3.63) is 95.8 Å². The quantitative estimate of drug-likeness (QED) is 0.474. The van der Waals surface area contributed by atoms with Crippen LogP contribution in [0.3, 0.4) is 0 Å². The molecule has 1 atom stereocenters. The van der Waals surface area contributed by atoms with Crippen LogP contribution in [0.25, 0.3) is 0 Å². The first-order chi connectivity index (χ1) is 17.1. The second-order valence-electron chi connectivity index (χ2n) is 8.63. The summed E-state index contributed by atoms with van der Waals surface area (Å²) in [6.07, 6.45) is 3.33. The molecule has 0 aliphatic carbocycles. The Labute approximate surface area is 205 Å². The van der Waals surface area contributed by atoms with Crippen molar-refractivity contribution in [3.8, 4) is 5.75 Å².